The minimum atomic E-state index is -0.195. The smallest absolute Gasteiger partial charge is 0.137 e. The zero-order chi connectivity index (χ0) is 14.5. The fraction of sp³-hybridized carbons (Fsp3) is 0.250. The summed E-state index contributed by atoms with van der Waals surface area (Å²) in [5.41, 5.74) is 2.32. The van der Waals surface area contributed by atoms with Crippen molar-refractivity contribution in [2.45, 2.75) is 12.8 Å². The monoisotopic (exact) mass is 462 g/mol. The lowest BCUT2D eigenvalue weighted by molar-refractivity contribution is 0.578. The van der Waals surface area contributed by atoms with Gasteiger partial charge in [-0.3, -0.25) is 0 Å². The quantitative estimate of drug-likeness (QED) is 0.466. The number of benzene rings is 2. The highest BCUT2D eigenvalue weighted by Gasteiger charge is 2.13. The lowest BCUT2D eigenvalue weighted by Gasteiger charge is -2.15. The molecule has 1 atom stereocenters. The summed E-state index contributed by atoms with van der Waals surface area (Å²) in [5.74, 6) is 0.244. The number of hydrogen-bond acceptors (Lipinski definition) is 0. The van der Waals surface area contributed by atoms with Crippen molar-refractivity contribution in [3.63, 3.8) is 0 Å². The maximum Gasteiger partial charge on any atom is 0.137 e. The summed E-state index contributed by atoms with van der Waals surface area (Å²) in [7, 11) is 0. The van der Waals surface area contributed by atoms with Crippen LogP contribution in [0.2, 0.25) is 0 Å². The van der Waals surface area contributed by atoms with E-state index in [4.69, 9.17) is 0 Å². The van der Waals surface area contributed by atoms with Crippen LogP contribution in [0.15, 0.2) is 51.4 Å². The average molecular weight is 465 g/mol. The number of rotatable bonds is 5. The van der Waals surface area contributed by atoms with Crippen LogP contribution >= 0.6 is 47.8 Å². The third kappa shape index (κ3) is 4.40. The molecule has 0 aliphatic heterocycles. The standard InChI is InChI=1S/C16H14Br3F/c17-10-12(8-11-4-6-14(18)7-5-11)9-13-2-1-3-15(20)16(13)19/h1-7,12H,8-10H2. The van der Waals surface area contributed by atoms with Crippen molar-refractivity contribution in [2.24, 2.45) is 5.92 Å². The summed E-state index contributed by atoms with van der Waals surface area (Å²) < 4.78 is 15.2. The van der Waals surface area contributed by atoms with E-state index in [1.54, 1.807) is 6.07 Å². The summed E-state index contributed by atoms with van der Waals surface area (Å²) in [4.78, 5) is 0. The zero-order valence-corrected chi connectivity index (χ0v) is 15.5. The first kappa shape index (κ1) is 16.2. The Bertz CT molecular complexity index is 566. The molecule has 0 aliphatic rings. The number of alkyl halides is 1. The van der Waals surface area contributed by atoms with Crippen LogP contribution < -0.4 is 0 Å². The van der Waals surface area contributed by atoms with Crippen LogP contribution in [-0.4, -0.2) is 5.33 Å². The third-order valence-corrected chi connectivity index (χ3v) is 5.53. The summed E-state index contributed by atoms with van der Waals surface area (Å²) in [6.07, 6.45) is 1.82. The van der Waals surface area contributed by atoms with E-state index in [-0.39, 0.29) is 5.82 Å². The molecule has 2 aromatic rings. The molecule has 0 fully saturated rings. The first-order valence-corrected chi connectivity index (χ1v) is 9.04. The van der Waals surface area contributed by atoms with Crippen LogP contribution in [0.1, 0.15) is 11.1 Å². The van der Waals surface area contributed by atoms with Crippen LogP contribution in [0, 0.1) is 11.7 Å². The summed E-state index contributed by atoms with van der Waals surface area (Å²) >= 11 is 10.3. The molecule has 0 saturated heterocycles. The molecule has 0 radical (unpaired) electrons. The van der Waals surface area contributed by atoms with E-state index in [9.17, 15) is 4.39 Å². The highest BCUT2D eigenvalue weighted by molar-refractivity contribution is 9.10. The van der Waals surface area contributed by atoms with Gasteiger partial charge in [0.1, 0.15) is 5.82 Å². The minimum Gasteiger partial charge on any atom is -0.206 e. The van der Waals surface area contributed by atoms with Gasteiger partial charge in [-0.15, -0.1) is 0 Å². The summed E-state index contributed by atoms with van der Waals surface area (Å²) in [6.45, 7) is 0. The molecule has 0 amide bonds. The van der Waals surface area contributed by atoms with Gasteiger partial charge in [-0.05, 0) is 64.0 Å². The van der Waals surface area contributed by atoms with Gasteiger partial charge in [0.05, 0.1) is 4.47 Å². The van der Waals surface area contributed by atoms with E-state index in [0.29, 0.717) is 10.4 Å². The van der Waals surface area contributed by atoms with E-state index in [2.05, 4.69) is 72.1 Å². The van der Waals surface area contributed by atoms with Gasteiger partial charge in [0, 0.05) is 9.80 Å². The predicted molar refractivity (Wildman–Crippen MR) is 92.9 cm³/mol. The second kappa shape index (κ2) is 7.71. The highest BCUT2D eigenvalue weighted by Crippen LogP contribution is 2.25. The van der Waals surface area contributed by atoms with Gasteiger partial charge in [-0.1, -0.05) is 56.1 Å². The fourth-order valence-electron chi connectivity index (χ4n) is 2.15. The van der Waals surface area contributed by atoms with Crippen LogP contribution in [0.5, 0.6) is 0 Å². The van der Waals surface area contributed by atoms with Gasteiger partial charge < -0.3 is 0 Å². The summed E-state index contributed by atoms with van der Waals surface area (Å²) in [5, 5.41) is 0.895. The molecule has 0 aliphatic carbocycles. The van der Waals surface area contributed by atoms with E-state index in [1.165, 1.54) is 11.6 Å². The molecule has 0 nitrogen and oxygen atoms in total. The van der Waals surface area contributed by atoms with Crippen molar-refractivity contribution < 1.29 is 4.39 Å². The largest absolute Gasteiger partial charge is 0.206 e. The van der Waals surface area contributed by atoms with E-state index in [1.807, 2.05) is 6.07 Å². The molecule has 2 aromatic carbocycles. The first-order chi connectivity index (χ1) is 9.60. The van der Waals surface area contributed by atoms with E-state index < -0.39 is 0 Å². The number of halogens is 4. The normalized spacial score (nSPS) is 12.4. The second-order valence-electron chi connectivity index (χ2n) is 4.77. The van der Waals surface area contributed by atoms with Crippen molar-refractivity contribution in [3.05, 3.63) is 68.4 Å². The van der Waals surface area contributed by atoms with Gasteiger partial charge in [-0.25, -0.2) is 4.39 Å². The van der Waals surface area contributed by atoms with Crippen molar-refractivity contribution in [3.8, 4) is 0 Å². The number of hydrogen-bond donors (Lipinski definition) is 0. The SMILES string of the molecule is Fc1cccc(CC(CBr)Cc2ccc(Br)cc2)c1Br. The maximum atomic E-state index is 13.5. The van der Waals surface area contributed by atoms with Crippen LogP contribution in [0.25, 0.3) is 0 Å². The second-order valence-corrected chi connectivity index (χ2v) is 7.12. The molecule has 4 heteroatoms. The molecular weight excluding hydrogens is 451 g/mol. The van der Waals surface area contributed by atoms with Gasteiger partial charge in [0.25, 0.3) is 0 Å². The minimum absolute atomic E-state index is 0.195. The van der Waals surface area contributed by atoms with Crippen molar-refractivity contribution in [2.75, 3.05) is 5.33 Å². The Morgan fingerprint density at radius 2 is 1.65 bits per heavy atom. The molecule has 1 unspecified atom stereocenters. The van der Waals surface area contributed by atoms with Gasteiger partial charge in [0.15, 0.2) is 0 Å². The molecule has 0 aromatic heterocycles. The lowest BCUT2D eigenvalue weighted by Crippen LogP contribution is -2.10. The molecule has 0 heterocycles. The summed E-state index contributed by atoms with van der Waals surface area (Å²) in [6, 6.07) is 13.6. The molecule has 0 N–H and O–H groups in total. The fourth-order valence-corrected chi connectivity index (χ4v) is 3.30. The van der Waals surface area contributed by atoms with Gasteiger partial charge in [-0.2, -0.15) is 0 Å². The van der Waals surface area contributed by atoms with Crippen molar-refractivity contribution in [1.82, 2.24) is 0 Å². The lowest BCUT2D eigenvalue weighted by atomic mass is 9.94. The Labute approximate surface area is 144 Å². The molecule has 20 heavy (non-hydrogen) atoms. The van der Waals surface area contributed by atoms with Crippen molar-refractivity contribution in [1.29, 1.82) is 0 Å². The molecule has 2 rings (SSSR count). The van der Waals surface area contributed by atoms with Crippen LogP contribution in [-0.2, 0) is 12.8 Å². The Kier molecular flexibility index (Phi) is 6.24. The van der Waals surface area contributed by atoms with E-state index in [0.717, 1.165) is 28.2 Å². The third-order valence-electron chi connectivity index (χ3n) is 3.20. The van der Waals surface area contributed by atoms with E-state index >= 15 is 0 Å². The predicted octanol–water partition coefficient (Wildman–Crippen LogP) is 6.15. The Hall–Kier alpha value is -0.190. The Balaban J connectivity index is 2.09. The Morgan fingerprint density at radius 1 is 0.950 bits per heavy atom. The molecule has 0 saturated carbocycles. The van der Waals surface area contributed by atoms with Crippen molar-refractivity contribution >= 4 is 47.8 Å². The molecule has 0 spiro atoms. The maximum absolute atomic E-state index is 13.5. The average Bonchev–Trinajstić information content (AvgIpc) is 2.45. The highest BCUT2D eigenvalue weighted by atomic mass is 79.9. The van der Waals surface area contributed by atoms with Gasteiger partial charge >= 0.3 is 0 Å². The van der Waals surface area contributed by atoms with Crippen LogP contribution in [0.4, 0.5) is 4.39 Å². The topological polar surface area (TPSA) is 0 Å². The molecule has 106 valence electrons. The molecule has 0 bridgehead atoms. The first-order valence-electron chi connectivity index (χ1n) is 6.33. The van der Waals surface area contributed by atoms with Crippen LogP contribution in [0.3, 0.4) is 0 Å². The molecular formula is C16H14Br3F. The van der Waals surface area contributed by atoms with Gasteiger partial charge in [0.2, 0.25) is 0 Å². The Morgan fingerprint density at radius 3 is 2.30 bits per heavy atom. The zero-order valence-electron chi connectivity index (χ0n) is 10.8.